The van der Waals surface area contributed by atoms with Crippen LogP contribution in [0.1, 0.15) is 17.7 Å². The van der Waals surface area contributed by atoms with E-state index in [9.17, 15) is 13.2 Å². The highest BCUT2D eigenvalue weighted by atomic mass is 35.5. The van der Waals surface area contributed by atoms with Crippen LogP contribution in [0.5, 0.6) is 0 Å². The molecule has 0 saturated carbocycles. The highest BCUT2D eigenvalue weighted by Crippen LogP contribution is 2.23. The summed E-state index contributed by atoms with van der Waals surface area (Å²) < 4.78 is 36.8. The van der Waals surface area contributed by atoms with Crippen LogP contribution in [0.15, 0.2) is 6.07 Å². The van der Waals surface area contributed by atoms with E-state index in [0.717, 1.165) is 6.07 Å². The second-order valence-electron chi connectivity index (χ2n) is 2.26. The predicted molar refractivity (Wildman–Crippen MR) is 38.9 cm³/mol. The van der Waals surface area contributed by atoms with Crippen molar-refractivity contribution in [2.45, 2.75) is 13.3 Å². The van der Waals surface area contributed by atoms with Crippen LogP contribution in [0.3, 0.4) is 0 Å². The van der Waals surface area contributed by atoms with Crippen molar-refractivity contribution in [2.24, 2.45) is 0 Å². The largest absolute Gasteiger partial charge is 0.280 e. The predicted octanol–water partition coefficient (Wildman–Crippen LogP) is 3.12. The molecule has 1 aromatic heterocycles. The van der Waals surface area contributed by atoms with Gasteiger partial charge in [-0.1, -0.05) is 11.6 Å². The maximum Gasteiger partial charge on any atom is 0.280 e. The first-order valence-corrected chi connectivity index (χ1v) is 3.51. The van der Waals surface area contributed by atoms with Crippen molar-refractivity contribution in [3.05, 3.63) is 28.3 Å². The molecular formula is C7H5ClF3N. The molecule has 12 heavy (non-hydrogen) atoms. The van der Waals surface area contributed by atoms with Crippen molar-refractivity contribution in [1.29, 1.82) is 0 Å². The van der Waals surface area contributed by atoms with E-state index in [4.69, 9.17) is 11.6 Å². The summed E-state index contributed by atoms with van der Waals surface area (Å²) in [4.78, 5) is 3.21. The van der Waals surface area contributed by atoms with Gasteiger partial charge >= 0.3 is 0 Å². The first-order valence-electron chi connectivity index (χ1n) is 3.13. The van der Waals surface area contributed by atoms with Crippen molar-refractivity contribution >= 4 is 11.6 Å². The van der Waals surface area contributed by atoms with E-state index in [1.54, 1.807) is 0 Å². The number of hydrogen-bond donors (Lipinski definition) is 0. The summed E-state index contributed by atoms with van der Waals surface area (Å²) in [6.07, 6.45) is -2.72. The average molecular weight is 196 g/mol. The number of aromatic nitrogens is 1. The molecule has 66 valence electrons. The van der Waals surface area contributed by atoms with Crippen LogP contribution in [0.25, 0.3) is 0 Å². The highest BCUT2D eigenvalue weighted by molar-refractivity contribution is 6.29. The molecule has 1 aromatic rings. The van der Waals surface area contributed by atoms with Crippen LogP contribution < -0.4 is 0 Å². The highest BCUT2D eigenvalue weighted by Gasteiger charge is 2.15. The van der Waals surface area contributed by atoms with E-state index in [1.807, 2.05) is 0 Å². The van der Waals surface area contributed by atoms with Gasteiger partial charge in [0, 0.05) is 0 Å². The Morgan fingerprint density at radius 3 is 2.58 bits per heavy atom. The minimum absolute atomic E-state index is 0.104. The summed E-state index contributed by atoms with van der Waals surface area (Å²) in [5.41, 5.74) is -0.367. The lowest BCUT2D eigenvalue weighted by molar-refractivity contribution is 0.145. The molecular weight excluding hydrogens is 191 g/mol. The van der Waals surface area contributed by atoms with Crippen LogP contribution in [0, 0.1) is 12.7 Å². The van der Waals surface area contributed by atoms with Crippen LogP contribution in [0.4, 0.5) is 13.2 Å². The summed E-state index contributed by atoms with van der Waals surface area (Å²) in [5, 5.41) is -0.518. The first-order chi connectivity index (χ1) is 5.52. The van der Waals surface area contributed by atoms with Gasteiger partial charge in [-0.25, -0.2) is 18.2 Å². The van der Waals surface area contributed by atoms with Gasteiger partial charge in [-0.05, 0) is 18.6 Å². The second-order valence-corrected chi connectivity index (χ2v) is 2.62. The molecule has 0 unspecified atom stereocenters. The third kappa shape index (κ3) is 1.69. The molecule has 1 nitrogen and oxygen atoms in total. The molecule has 0 atom stereocenters. The summed E-state index contributed by atoms with van der Waals surface area (Å²) >= 11 is 5.21. The SMILES string of the molecule is Cc1cc(F)c(Cl)nc1C(F)F. The Kier molecular flexibility index (Phi) is 2.57. The lowest BCUT2D eigenvalue weighted by atomic mass is 10.2. The van der Waals surface area contributed by atoms with Gasteiger partial charge in [0.2, 0.25) is 0 Å². The van der Waals surface area contributed by atoms with E-state index in [0.29, 0.717) is 0 Å². The third-order valence-corrected chi connectivity index (χ3v) is 1.63. The van der Waals surface area contributed by atoms with Crippen molar-refractivity contribution < 1.29 is 13.2 Å². The lowest BCUT2D eigenvalue weighted by Crippen LogP contribution is -1.96. The fourth-order valence-corrected chi connectivity index (χ4v) is 0.937. The smallest absolute Gasteiger partial charge is 0.232 e. The molecule has 0 aliphatic carbocycles. The Hall–Kier alpha value is -0.770. The van der Waals surface area contributed by atoms with Crippen molar-refractivity contribution in [3.63, 3.8) is 0 Å². The molecule has 0 bridgehead atoms. The zero-order valence-corrected chi connectivity index (χ0v) is 6.87. The Bertz CT molecular complexity index is 301. The summed E-state index contributed by atoms with van der Waals surface area (Å²) in [6, 6.07) is 0.941. The molecule has 0 fully saturated rings. The molecule has 1 heterocycles. The monoisotopic (exact) mass is 195 g/mol. The third-order valence-electron chi connectivity index (χ3n) is 1.37. The minimum Gasteiger partial charge on any atom is -0.232 e. The van der Waals surface area contributed by atoms with Gasteiger partial charge in [-0.2, -0.15) is 0 Å². The van der Waals surface area contributed by atoms with Crippen molar-refractivity contribution in [2.75, 3.05) is 0 Å². The molecule has 1 rings (SSSR count). The van der Waals surface area contributed by atoms with Crippen LogP contribution in [-0.4, -0.2) is 4.98 Å². The average Bonchev–Trinajstić information content (AvgIpc) is 1.96. The van der Waals surface area contributed by atoms with Crippen LogP contribution in [0.2, 0.25) is 5.15 Å². The topological polar surface area (TPSA) is 12.9 Å². The number of alkyl halides is 2. The van der Waals surface area contributed by atoms with Gasteiger partial charge in [0.1, 0.15) is 5.69 Å². The van der Waals surface area contributed by atoms with E-state index in [-0.39, 0.29) is 5.56 Å². The second kappa shape index (κ2) is 3.31. The molecule has 0 N–H and O–H groups in total. The van der Waals surface area contributed by atoms with Gasteiger partial charge in [0.05, 0.1) is 0 Å². The van der Waals surface area contributed by atoms with E-state index in [1.165, 1.54) is 6.92 Å². The minimum atomic E-state index is -2.72. The Labute approximate surface area is 72.2 Å². The number of halogens is 4. The molecule has 0 spiro atoms. The molecule has 0 aliphatic rings. The zero-order valence-electron chi connectivity index (χ0n) is 6.11. The molecule has 0 aromatic carbocycles. The molecule has 0 radical (unpaired) electrons. The fourth-order valence-electron chi connectivity index (χ4n) is 0.792. The van der Waals surface area contributed by atoms with E-state index in [2.05, 4.69) is 4.98 Å². The molecule has 0 amide bonds. The van der Waals surface area contributed by atoms with Crippen LogP contribution in [-0.2, 0) is 0 Å². The first kappa shape index (κ1) is 9.32. The number of nitrogens with zero attached hydrogens (tertiary/aromatic N) is 1. The summed E-state index contributed by atoms with van der Waals surface area (Å²) in [7, 11) is 0. The number of pyridine rings is 1. The van der Waals surface area contributed by atoms with Gasteiger partial charge in [0.25, 0.3) is 6.43 Å². The number of aryl methyl sites for hydroxylation is 1. The van der Waals surface area contributed by atoms with Gasteiger partial charge < -0.3 is 0 Å². The fraction of sp³-hybridized carbons (Fsp3) is 0.286. The standard InChI is InChI=1S/C7H5ClF3N/c1-3-2-4(9)6(8)12-5(3)7(10)11/h2,7H,1H3. The Balaban J connectivity index is 3.23. The normalized spacial score (nSPS) is 10.8. The van der Waals surface area contributed by atoms with Crippen LogP contribution >= 0.6 is 11.6 Å². The van der Waals surface area contributed by atoms with E-state index < -0.39 is 23.1 Å². The maximum absolute atomic E-state index is 12.6. The van der Waals surface area contributed by atoms with E-state index >= 15 is 0 Å². The number of hydrogen-bond acceptors (Lipinski definition) is 1. The summed E-state index contributed by atoms with van der Waals surface area (Å²) in [5.74, 6) is -0.779. The maximum atomic E-state index is 12.6. The quantitative estimate of drug-likeness (QED) is 0.628. The zero-order chi connectivity index (χ0) is 9.30. The van der Waals surface area contributed by atoms with Gasteiger partial charge in [-0.3, -0.25) is 0 Å². The van der Waals surface area contributed by atoms with Gasteiger partial charge in [-0.15, -0.1) is 0 Å². The number of rotatable bonds is 1. The van der Waals surface area contributed by atoms with Crippen molar-refractivity contribution in [3.8, 4) is 0 Å². The molecule has 0 aliphatic heterocycles. The van der Waals surface area contributed by atoms with Gasteiger partial charge in [0.15, 0.2) is 11.0 Å². The lowest BCUT2D eigenvalue weighted by Gasteiger charge is -2.03. The Morgan fingerprint density at radius 2 is 2.08 bits per heavy atom. The molecule has 5 heteroatoms. The Morgan fingerprint density at radius 1 is 1.50 bits per heavy atom. The van der Waals surface area contributed by atoms with Crippen molar-refractivity contribution in [1.82, 2.24) is 4.98 Å². The molecule has 0 saturated heterocycles. The summed E-state index contributed by atoms with van der Waals surface area (Å²) in [6.45, 7) is 1.36.